The summed E-state index contributed by atoms with van der Waals surface area (Å²) in [7, 11) is 1.96. The number of benzene rings is 1. The largest absolute Gasteiger partial charge is 0.304 e. The van der Waals surface area contributed by atoms with Crippen molar-refractivity contribution in [1.82, 2.24) is 15.1 Å². The minimum absolute atomic E-state index is 0.291. The summed E-state index contributed by atoms with van der Waals surface area (Å²) in [5, 5.41) is 8.10. The van der Waals surface area contributed by atoms with Crippen molar-refractivity contribution in [2.75, 3.05) is 0 Å². The Labute approximate surface area is 121 Å². The van der Waals surface area contributed by atoms with Crippen LogP contribution in [0.25, 0.3) is 0 Å². The molecule has 0 saturated carbocycles. The fraction of sp³-hybridized carbons (Fsp3) is 0.471. The highest BCUT2D eigenvalue weighted by Gasteiger charge is 2.31. The third-order valence-corrected chi connectivity index (χ3v) is 4.42. The molecule has 0 aliphatic heterocycles. The lowest BCUT2D eigenvalue weighted by Gasteiger charge is -2.37. The van der Waals surface area contributed by atoms with Gasteiger partial charge in [-0.1, -0.05) is 38.1 Å². The topological polar surface area (TPSA) is 29.9 Å². The van der Waals surface area contributed by atoms with Gasteiger partial charge in [0.2, 0.25) is 0 Å². The normalized spacial score (nSPS) is 20.6. The average Bonchev–Trinajstić information content (AvgIpc) is 2.84. The number of rotatable bonds is 3. The number of hydrogen-bond acceptors (Lipinski definition) is 2. The molecular weight excluding hydrogens is 246 g/mol. The van der Waals surface area contributed by atoms with Crippen LogP contribution in [0, 0.1) is 0 Å². The lowest BCUT2D eigenvalue weighted by atomic mass is 9.71. The van der Waals surface area contributed by atoms with Gasteiger partial charge in [-0.3, -0.25) is 4.68 Å². The first kappa shape index (κ1) is 13.4. The zero-order valence-corrected chi connectivity index (χ0v) is 12.6. The van der Waals surface area contributed by atoms with Crippen LogP contribution in [0.15, 0.2) is 36.5 Å². The summed E-state index contributed by atoms with van der Waals surface area (Å²) in [6.45, 7) is 5.53. The van der Waals surface area contributed by atoms with Crippen LogP contribution in [0.5, 0.6) is 0 Å². The Morgan fingerprint density at radius 1 is 1.30 bits per heavy atom. The van der Waals surface area contributed by atoms with E-state index in [2.05, 4.69) is 54.6 Å². The summed E-state index contributed by atoms with van der Waals surface area (Å²) >= 11 is 0. The maximum atomic E-state index is 4.43. The van der Waals surface area contributed by atoms with Gasteiger partial charge < -0.3 is 5.32 Å². The Hall–Kier alpha value is -1.61. The summed E-state index contributed by atoms with van der Waals surface area (Å²) in [5.74, 6) is 0. The molecule has 0 saturated heterocycles. The van der Waals surface area contributed by atoms with Crippen molar-refractivity contribution in [2.45, 2.75) is 44.7 Å². The minimum Gasteiger partial charge on any atom is -0.304 e. The minimum atomic E-state index is 0.291. The van der Waals surface area contributed by atoms with Crippen LogP contribution in [0.1, 0.15) is 49.6 Å². The summed E-state index contributed by atoms with van der Waals surface area (Å²) in [6.07, 6.45) is 4.41. The monoisotopic (exact) mass is 269 g/mol. The van der Waals surface area contributed by atoms with Gasteiger partial charge in [0.1, 0.15) is 0 Å². The summed E-state index contributed by atoms with van der Waals surface area (Å²) in [5.41, 5.74) is 4.35. The van der Waals surface area contributed by atoms with Crippen molar-refractivity contribution in [3.8, 4) is 0 Å². The van der Waals surface area contributed by atoms with Gasteiger partial charge in [-0.15, -0.1) is 0 Å². The molecule has 0 fully saturated rings. The van der Waals surface area contributed by atoms with E-state index in [0.717, 1.165) is 12.2 Å². The van der Waals surface area contributed by atoms with Gasteiger partial charge in [0.25, 0.3) is 0 Å². The van der Waals surface area contributed by atoms with Crippen LogP contribution in [0.4, 0.5) is 0 Å². The van der Waals surface area contributed by atoms with E-state index in [0.29, 0.717) is 11.5 Å². The van der Waals surface area contributed by atoms with Gasteiger partial charge in [-0.2, -0.15) is 5.10 Å². The Balaban J connectivity index is 1.78. The predicted molar refractivity (Wildman–Crippen MR) is 81.5 cm³/mol. The highest BCUT2D eigenvalue weighted by Crippen LogP contribution is 2.41. The Morgan fingerprint density at radius 2 is 2.10 bits per heavy atom. The standard InChI is InChI=1S/C17H23N3/c1-17(2)10-8-16(14-6-4-5-7-15(14)17)18-12-13-9-11-20(3)19-13/h4-7,9,11,16,18H,8,10,12H2,1-3H3. The molecule has 0 radical (unpaired) electrons. The molecular formula is C17H23N3. The molecule has 1 atom stereocenters. The van der Waals surface area contributed by atoms with Crippen molar-refractivity contribution < 1.29 is 0 Å². The summed E-state index contributed by atoms with van der Waals surface area (Å²) in [6, 6.07) is 11.4. The zero-order valence-electron chi connectivity index (χ0n) is 12.6. The number of nitrogens with one attached hydrogen (secondary N) is 1. The second kappa shape index (κ2) is 5.06. The first-order valence-electron chi connectivity index (χ1n) is 7.37. The van der Waals surface area contributed by atoms with Crippen molar-refractivity contribution in [3.05, 3.63) is 53.3 Å². The van der Waals surface area contributed by atoms with E-state index < -0.39 is 0 Å². The highest BCUT2D eigenvalue weighted by atomic mass is 15.3. The third kappa shape index (κ3) is 2.50. The number of nitrogens with zero attached hydrogens (tertiary/aromatic N) is 2. The molecule has 1 unspecified atom stereocenters. The highest BCUT2D eigenvalue weighted by molar-refractivity contribution is 5.38. The molecule has 0 bridgehead atoms. The Bertz CT molecular complexity index is 598. The van der Waals surface area contributed by atoms with E-state index in [1.54, 1.807) is 0 Å². The summed E-state index contributed by atoms with van der Waals surface area (Å²) < 4.78 is 1.86. The number of aryl methyl sites for hydroxylation is 1. The van der Waals surface area contributed by atoms with E-state index in [4.69, 9.17) is 0 Å². The quantitative estimate of drug-likeness (QED) is 0.926. The molecule has 0 spiro atoms. The molecule has 20 heavy (non-hydrogen) atoms. The molecule has 1 heterocycles. The molecule has 3 nitrogen and oxygen atoms in total. The van der Waals surface area contributed by atoms with Crippen molar-refractivity contribution >= 4 is 0 Å². The number of fused-ring (bicyclic) bond motifs is 1. The second-order valence-corrected chi connectivity index (χ2v) is 6.42. The first-order valence-corrected chi connectivity index (χ1v) is 7.37. The van der Waals surface area contributed by atoms with Gasteiger partial charge in [0.15, 0.2) is 0 Å². The average molecular weight is 269 g/mol. The van der Waals surface area contributed by atoms with Crippen molar-refractivity contribution in [1.29, 1.82) is 0 Å². The van der Waals surface area contributed by atoms with Crippen molar-refractivity contribution in [3.63, 3.8) is 0 Å². The lowest BCUT2D eigenvalue weighted by molar-refractivity contribution is 0.356. The zero-order chi connectivity index (χ0) is 14.2. The molecule has 0 amide bonds. The molecule has 1 N–H and O–H groups in total. The van der Waals surface area contributed by atoms with Crippen LogP contribution in [0.2, 0.25) is 0 Å². The fourth-order valence-electron chi connectivity index (χ4n) is 3.21. The first-order chi connectivity index (χ1) is 9.56. The van der Waals surface area contributed by atoms with Crippen LogP contribution < -0.4 is 5.32 Å². The van der Waals surface area contributed by atoms with Crippen LogP contribution >= 0.6 is 0 Å². The van der Waals surface area contributed by atoms with Gasteiger partial charge in [0.05, 0.1) is 5.69 Å². The van der Waals surface area contributed by atoms with E-state index in [-0.39, 0.29) is 0 Å². The van der Waals surface area contributed by atoms with Crippen LogP contribution in [0.3, 0.4) is 0 Å². The fourth-order valence-corrected chi connectivity index (χ4v) is 3.21. The summed E-state index contributed by atoms with van der Waals surface area (Å²) in [4.78, 5) is 0. The number of hydrogen-bond donors (Lipinski definition) is 1. The molecule has 106 valence electrons. The molecule has 1 aliphatic rings. The maximum absolute atomic E-state index is 4.43. The maximum Gasteiger partial charge on any atom is 0.0762 e. The predicted octanol–water partition coefficient (Wildman–Crippen LogP) is 3.32. The molecule has 1 aromatic carbocycles. The van der Waals surface area contributed by atoms with E-state index in [9.17, 15) is 0 Å². The van der Waals surface area contributed by atoms with Gasteiger partial charge >= 0.3 is 0 Å². The van der Waals surface area contributed by atoms with E-state index in [1.807, 2.05) is 17.9 Å². The third-order valence-electron chi connectivity index (χ3n) is 4.42. The molecule has 2 aromatic rings. The van der Waals surface area contributed by atoms with Crippen molar-refractivity contribution in [2.24, 2.45) is 7.05 Å². The number of aromatic nitrogens is 2. The van der Waals surface area contributed by atoms with Gasteiger partial charge in [-0.25, -0.2) is 0 Å². The van der Waals surface area contributed by atoms with E-state index >= 15 is 0 Å². The molecule has 1 aliphatic carbocycles. The SMILES string of the molecule is Cn1ccc(CNC2CCC(C)(C)c3ccccc32)n1. The Kier molecular flexibility index (Phi) is 3.38. The lowest BCUT2D eigenvalue weighted by Crippen LogP contribution is -2.32. The Morgan fingerprint density at radius 3 is 2.85 bits per heavy atom. The molecule has 1 aromatic heterocycles. The molecule has 3 heteroatoms. The van der Waals surface area contributed by atoms with Gasteiger partial charge in [-0.05, 0) is 35.4 Å². The molecule has 3 rings (SSSR count). The smallest absolute Gasteiger partial charge is 0.0762 e. The van der Waals surface area contributed by atoms with Crippen LogP contribution in [-0.4, -0.2) is 9.78 Å². The van der Waals surface area contributed by atoms with Crippen LogP contribution in [-0.2, 0) is 19.0 Å². The van der Waals surface area contributed by atoms with Gasteiger partial charge in [0, 0.05) is 25.8 Å². The van der Waals surface area contributed by atoms with E-state index in [1.165, 1.54) is 24.0 Å². The second-order valence-electron chi connectivity index (χ2n) is 6.42.